The van der Waals surface area contributed by atoms with E-state index in [1.165, 1.54) is 0 Å². The lowest BCUT2D eigenvalue weighted by Gasteiger charge is -2.41. The van der Waals surface area contributed by atoms with Crippen molar-refractivity contribution in [1.82, 2.24) is 20.4 Å². The van der Waals surface area contributed by atoms with E-state index in [1.807, 2.05) is 34.0 Å². The molecule has 3 rings (SSSR count). The number of nitrogens with one attached hydrogen (secondary N) is 3. The molecule has 0 bridgehead atoms. The molecule has 7 nitrogen and oxygen atoms in total. The molecule has 1 saturated carbocycles. The minimum atomic E-state index is -0.164. The number of benzene rings is 1. The number of aryl methyl sites for hydroxylation is 1. The van der Waals surface area contributed by atoms with Crippen LogP contribution in [0.1, 0.15) is 66.2 Å². The minimum absolute atomic E-state index is 0.0245. The molecule has 0 spiro atoms. The summed E-state index contributed by atoms with van der Waals surface area (Å²) < 4.78 is 7.10. The lowest BCUT2D eigenvalue weighted by atomic mass is 9.77. The van der Waals surface area contributed by atoms with Crippen LogP contribution in [0.15, 0.2) is 12.1 Å². The van der Waals surface area contributed by atoms with Gasteiger partial charge in [0.1, 0.15) is 0 Å². The number of ether oxygens (including phenoxy) is 1. The van der Waals surface area contributed by atoms with Crippen LogP contribution in [0.4, 0.5) is 5.69 Å². The highest BCUT2D eigenvalue weighted by atomic mass is 35.5. The lowest BCUT2D eigenvalue weighted by Crippen LogP contribution is -2.45. The number of anilines is 1. The molecule has 0 saturated heterocycles. The fourth-order valence-corrected chi connectivity index (χ4v) is 4.83. The van der Waals surface area contributed by atoms with Gasteiger partial charge in [-0.3, -0.25) is 9.48 Å². The van der Waals surface area contributed by atoms with Crippen molar-refractivity contribution in [3.63, 3.8) is 0 Å². The first-order chi connectivity index (χ1) is 15.2. The Kier molecular flexibility index (Phi) is 7.72. The van der Waals surface area contributed by atoms with Crippen molar-refractivity contribution < 1.29 is 9.53 Å². The molecule has 1 aliphatic carbocycles. The number of carbonyl (C=O) groups excluding carboxylic acids is 1. The number of hydrogen-bond acceptors (Lipinski definition) is 5. The minimum Gasteiger partial charge on any atom is -0.480 e. The van der Waals surface area contributed by atoms with E-state index in [0.29, 0.717) is 29.1 Å². The van der Waals surface area contributed by atoms with Crippen molar-refractivity contribution in [2.45, 2.75) is 71.0 Å². The first-order valence-corrected chi connectivity index (χ1v) is 11.7. The average Bonchev–Trinajstić information content (AvgIpc) is 3.07. The molecule has 0 radical (unpaired) electrons. The van der Waals surface area contributed by atoms with Crippen LogP contribution in [0.3, 0.4) is 0 Å². The molecular formula is C24H36ClN5O2. The van der Waals surface area contributed by atoms with Crippen molar-refractivity contribution in [3.8, 4) is 5.88 Å². The zero-order chi connectivity index (χ0) is 23.5. The van der Waals surface area contributed by atoms with Gasteiger partial charge in [-0.25, -0.2) is 0 Å². The van der Waals surface area contributed by atoms with Gasteiger partial charge in [0.15, 0.2) is 0 Å². The average molecular weight is 462 g/mol. The molecule has 1 amide bonds. The second kappa shape index (κ2) is 10.1. The Morgan fingerprint density at radius 2 is 2.00 bits per heavy atom. The van der Waals surface area contributed by atoms with Crippen molar-refractivity contribution in [2.75, 3.05) is 19.5 Å². The largest absolute Gasteiger partial charge is 0.480 e. The molecule has 1 aromatic heterocycles. The highest BCUT2D eigenvalue weighted by Gasteiger charge is 2.34. The van der Waals surface area contributed by atoms with Crippen LogP contribution in [-0.4, -0.2) is 41.4 Å². The molecule has 1 aliphatic rings. The molecule has 1 heterocycles. The Bertz CT molecular complexity index is 964. The summed E-state index contributed by atoms with van der Waals surface area (Å²) in [5, 5.41) is 15.1. The third kappa shape index (κ3) is 5.04. The van der Waals surface area contributed by atoms with E-state index in [-0.39, 0.29) is 11.4 Å². The number of amides is 1. The topological polar surface area (TPSA) is 80.2 Å². The Morgan fingerprint density at radius 1 is 1.31 bits per heavy atom. The van der Waals surface area contributed by atoms with Crippen LogP contribution in [0.2, 0.25) is 5.02 Å². The summed E-state index contributed by atoms with van der Waals surface area (Å²) in [5.74, 6) is 0.361. The molecule has 1 fully saturated rings. The molecule has 0 aliphatic heterocycles. The lowest BCUT2D eigenvalue weighted by molar-refractivity contribution is 0.0950. The fourth-order valence-electron chi connectivity index (χ4n) is 4.61. The fraction of sp³-hybridized carbons (Fsp3) is 0.583. The number of hydrogen-bond donors (Lipinski definition) is 3. The maximum Gasteiger partial charge on any atom is 0.251 e. The van der Waals surface area contributed by atoms with Gasteiger partial charge in [0.2, 0.25) is 5.88 Å². The smallest absolute Gasteiger partial charge is 0.251 e. The SMILES string of the molecule is CC[C@]1(Nc2cc(Cl)cc(C(=O)NCc3c(OC)nn(C)c3C)c2C)CC[C@@H](NC)CC1. The monoisotopic (exact) mass is 461 g/mol. The predicted octanol–water partition coefficient (Wildman–Crippen LogP) is 4.35. The third-order valence-corrected chi connectivity index (χ3v) is 7.30. The summed E-state index contributed by atoms with van der Waals surface area (Å²) in [4.78, 5) is 13.1. The zero-order valence-electron chi connectivity index (χ0n) is 20.1. The first kappa shape index (κ1) is 24.4. The Labute approximate surface area is 196 Å². The van der Waals surface area contributed by atoms with E-state index in [4.69, 9.17) is 16.3 Å². The standard InChI is InChI=1S/C24H36ClN5O2/c1-7-24(10-8-18(26-4)9-11-24)28-21-13-17(25)12-19(15(21)2)22(31)27-14-20-16(3)30(5)29-23(20)32-6/h12-13,18,26,28H,7-11,14H2,1-6H3,(H,27,31)/t18-,24+. The van der Waals surface area contributed by atoms with Gasteiger partial charge in [-0.2, -0.15) is 0 Å². The molecule has 8 heteroatoms. The van der Waals surface area contributed by atoms with E-state index in [9.17, 15) is 4.79 Å². The van der Waals surface area contributed by atoms with Crippen LogP contribution < -0.4 is 20.7 Å². The quantitative estimate of drug-likeness (QED) is 0.544. The van der Waals surface area contributed by atoms with E-state index < -0.39 is 0 Å². The van der Waals surface area contributed by atoms with Crippen LogP contribution >= 0.6 is 11.6 Å². The number of carbonyl (C=O) groups is 1. The molecule has 3 N–H and O–H groups in total. The Hall–Kier alpha value is -2.25. The van der Waals surface area contributed by atoms with Crippen LogP contribution in [0.5, 0.6) is 5.88 Å². The van der Waals surface area contributed by atoms with Crippen LogP contribution in [0, 0.1) is 13.8 Å². The van der Waals surface area contributed by atoms with Gasteiger partial charge in [0.25, 0.3) is 5.91 Å². The van der Waals surface area contributed by atoms with Gasteiger partial charge in [-0.15, -0.1) is 5.10 Å². The Balaban J connectivity index is 1.79. The summed E-state index contributed by atoms with van der Waals surface area (Å²) in [6.07, 6.45) is 5.47. The summed E-state index contributed by atoms with van der Waals surface area (Å²) in [6, 6.07) is 4.25. The highest BCUT2D eigenvalue weighted by molar-refractivity contribution is 6.31. The second-order valence-corrected chi connectivity index (χ2v) is 9.26. The van der Waals surface area contributed by atoms with E-state index in [1.54, 1.807) is 17.9 Å². The summed E-state index contributed by atoms with van der Waals surface area (Å²) in [6.45, 7) is 6.49. The highest BCUT2D eigenvalue weighted by Crippen LogP contribution is 2.37. The maximum atomic E-state index is 13.1. The van der Waals surface area contributed by atoms with Crippen LogP contribution in [-0.2, 0) is 13.6 Å². The van der Waals surface area contributed by atoms with Crippen molar-refractivity contribution >= 4 is 23.2 Å². The number of nitrogens with zero attached hydrogens (tertiary/aromatic N) is 2. The van der Waals surface area contributed by atoms with E-state index >= 15 is 0 Å². The van der Waals surface area contributed by atoms with Gasteiger partial charge in [-0.05, 0) is 70.7 Å². The summed E-state index contributed by atoms with van der Waals surface area (Å²) >= 11 is 6.45. The predicted molar refractivity (Wildman–Crippen MR) is 130 cm³/mol. The molecule has 0 atom stereocenters. The van der Waals surface area contributed by atoms with Crippen molar-refractivity contribution in [1.29, 1.82) is 0 Å². The molecule has 2 aromatic rings. The summed E-state index contributed by atoms with van der Waals surface area (Å²) in [7, 11) is 5.47. The molecular weight excluding hydrogens is 426 g/mol. The second-order valence-electron chi connectivity index (χ2n) is 8.83. The number of methoxy groups -OCH3 is 1. The normalized spacial score (nSPS) is 20.8. The van der Waals surface area contributed by atoms with Gasteiger partial charge in [0, 0.05) is 40.6 Å². The van der Waals surface area contributed by atoms with Gasteiger partial charge < -0.3 is 20.7 Å². The van der Waals surface area contributed by atoms with Crippen molar-refractivity contribution in [2.24, 2.45) is 7.05 Å². The zero-order valence-corrected chi connectivity index (χ0v) is 20.8. The van der Waals surface area contributed by atoms with Gasteiger partial charge >= 0.3 is 0 Å². The number of rotatable bonds is 8. The van der Waals surface area contributed by atoms with E-state index in [2.05, 4.69) is 28.0 Å². The van der Waals surface area contributed by atoms with Crippen LogP contribution in [0.25, 0.3) is 0 Å². The van der Waals surface area contributed by atoms with Gasteiger partial charge in [0.05, 0.1) is 19.2 Å². The number of halogens is 1. The molecule has 32 heavy (non-hydrogen) atoms. The van der Waals surface area contributed by atoms with E-state index in [0.717, 1.165) is 54.6 Å². The van der Waals surface area contributed by atoms with Crippen molar-refractivity contribution in [3.05, 3.63) is 39.5 Å². The first-order valence-electron chi connectivity index (χ1n) is 11.3. The molecule has 0 unspecified atom stereocenters. The molecule has 176 valence electrons. The van der Waals surface area contributed by atoms with Gasteiger partial charge in [-0.1, -0.05) is 18.5 Å². The number of aromatic nitrogens is 2. The molecule has 1 aromatic carbocycles. The summed E-state index contributed by atoms with van der Waals surface area (Å²) in [5.41, 5.74) is 4.27. The third-order valence-electron chi connectivity index (χ3n) is 7.08. The Morgan fingerprint density at radius 3 is 2.59 bits per heavy atom. The maximum absolute atomic E-state index is 13.1.